The maximum Gasteiger partial charge on any atom is 0.143 e. The van der Waals surface area contributed by atoms with Crippen molar-refractivity contribution < 1.29 is 4.42 Å². The van der Waals surface area contributed by atoms with Gasteiger partial charge in [-0.2, -0.15) is 0 Å². The van der Waals surface area contributed by atoms with Crippen LogP contribution in [0.1, 0.15) is 0 Å². The summed E-state index contributed by atoms with van der Waals surface area (Å²) in [5.74, 6) is 0. The quantitative estimate of drug-likeness (QED) is 0.222. The Morgan fingerprint density at radius 1 is 0.333 bits per heavy atom. The van der Waals surface area contributed by atoms with E-state index in [0.29, 0.717) is 0 Å². The molecule has 0 saturated heterocycles. The van der Waals surface area contributed by atoms with Crippen LogP contribution in [0.4, 0.5) is 0 Å². The molecule has 1 heterocycles. The van der Waals surface area contributed by atoms with E-state index in [1.807, 2.05) is 12.1 Å². The Bertz CT molecular complexity index is 2180. The molecule has 0 amide bonds. The number of hydrogen-bond acceptors (Lipinski definition) is 1. The number of fused-ring (bicyclic) bond motifs is 6. The van der Waals surface area contributed by atoms with Crippen LogP contribution >= 0.6 is 0 Å². The normalized spacial score (nSPS) is 11.6. The lowest BCUT2D eigenvalue weighted by molar-refractivity contribution is 0.670. The third-order valence-electron chi connectivity index (χ3n) is 7.85. The fourth-order valence-electron chi connectivity index (χ4n) is 6.00. The van der Waals surface area contributed by atoms with Crippen molar-refractivity contribution in [1.82, 2.24) is 0 Å². The molecule has 1 nitrogen and oxygen atoms in total. The van der Waals surface area contributed by atoms with E-state index in [1.165, 1.54) is 43.8 Å². The molecule has 7 aromatic carbocycles. The lowest BCUT2D eigenvalue weighted by atomic mass is 9.91. The molecule has 182 valence electrons. The van der Waals surface area contributed by atoms with Crippen LogP contribution in [0.25, 0.3) is 76.9 Å². The minimum Gasteiger partial charge on any atom is -0.455 e. The summed E-state index contributed by atoms with van der Waals surface area (Å²) < 4.78 is 6.34. The van der Waals surface area contributed by atoms with Gasteiger partial charge >= 0.3 is 0 Å². The molecule has 39 heavy (non-hydrogen) atoms. The van der Waals surface area contributed by atoms with Crippen LogP contribution in [-0.4, -0.2) is 0 Å². The molecule has 8 rings (SSSR count). The average molecular weight is 497 g/mol. The number of hydrogen-bond donors (Lipinski definition) is 0. The molecule has 1 aromatic heterocycles. The lowest BCUT2D eigenvalue weighted by Crippen LogP contribution is -1.86. The van der Waals surface area contributed by atoms with E-state index in [0.717, 1.165) is 33.1 Å². The number of benzene rings is 7. The van der Waals surface area contributed by atoms with E-state index in [1.54, 1.807) is 0 Å². The zero-order valence-electron chi connectivity index (χ0n) is 21.3. The van der Waals surface area contributed by atoms with Gasteiger partial charge in [-0.15, -0.1) is 0 Å². The van der Waals surface area contributed by atoms with Gasteiger partial charge in [0.05, 0.1) is 0 Å². The molecule has 0 aliphatic rings. The Kier molecular flexibility index (Phi) is 4.89. The summed E-state index contributed by atoms with van der Waals surface area (Å²) in [5.41, 5.74) is 8.99. The van der Waals surface area contributed by atoms with Crippen molar-refractivity contribution in [2.24, 2.45) is 0 Å². The summed E-state index contributed by atoms with van der Waals surface area (Å²) in [7, 11) is 0. The Labute approximate surface area is 226 Å². The van der Waals surface area contributed by atoms with E-state index in [2.05, 4.69) is 133 Å². The Balaban J connectivity index is 1.27. The van der Waals surface area contributed by atoms with Gasteiger partial charge in [0, 0.05) is 16.3 Å². The molecule has 0 bridgehead atoms. The Morgan fingerprint density at radius 3 is 1.69 bits per heavy atom. The van der Waals surface area contributed by atoms with Gasteiger partial charge in [-0.3, -0.25) is 0 Å². The first-order valence-corrected chi connectivity index (χ1v) is 13.4. The molecule has 0 unspecified atom stereocenters. The highest BCUT2D eigenvalue weighted by Crippen LogP contribution is 2.39. The van der Waals surface area contributed by atoms with E-state index in [-0.39, 0.29) is 0 Å². The molecule has 0 saturated carbocycles. The van der Waals surface area contributed by atoms with Gasteiger partial charge < -0.3 is 4.42 Å². The molecule has 0 atom stereocenters. The SMILES string of the molecule is c1cc(-c2cccc(-c3cccc4c3oc3ccccc34)c2)cc(-c2cc3ccccc3c3ccccc23)c1. The first-order valence-electron chi connectivity index (χ1n) is 13.4. The highest BCUT2D eigenvalue weighted by molar-refractivity contribution is 6.14. The second-order valence-electron chi connectivity index (χ2n) is 10.1. The van der Waals surface area contributed by atoms with E-state index < -0.39 is 0 Å². The average Bonchev–Trinajstić information content (AvgIpc) is 3.40. The first kappa shape index (κ1) is 21.9. The molecule has 0 aliphatic heterocycles. The highest BCUT2D eigenvalue weighted by atomic mass is 16.3. The predicted molar refractivity (Wildman–Crippen MR) is 165 cm³/mol. The Hall–Kier alpha value is -5.14. The monoisotopic (exact) mass is 496 g/mol. The topological polar surface area (TPSA) is 13.1 Å². The van der Waals surface area contributed by atoms with Crippen molar-refractivity contribution in [1.29, 1.82) is 0 Å². The van der Waals surface area contributed by atoms with Crippen molar-refractivity contribution >= 4 is 43.5 Å². The second-order valence-corrected chi connectivity index (χ2v) is 10.1. The van der Waals surface area contributed by atoms with E-state index >= 15 is 0 Å². The van der Waals surface area contributed by atoms with Crippen LogP contribution < -0.4 is 0 Å². The van der Waals surface area contributed by atoms with Gasteiger partial charge in [-0.05, 0) is 73.6 Å². The number of rotatable bonds is 3. The van der Waals surface area contributed by atoms with E-state index in [9.17, 15) is 0 Å². The minimum absolute atomic E-state index is 0.923. The Morgan fingerprint density at radius 2 is 0.897 bits per heavy atom. The lowest BCUT2D eigenvalue weighted by Gasteiger charge is -2.13. The summed E-state index contributed by atoms with van der Waals surface area (Å²) in [6.07, 6.45) is 0. The zero-order valence-corrected chi connectivity index (χ0v) is 21.3. The maximum atomic E-state index is 6.34. The van der Waals surface area contributed by atoms with Gasteiger partial charge in [0.2, 0.25) is 0 Å². The molecular weight excluding hydrogens is 472 g/mol. The molecule has 0 N–H and O–H groups in total. The van der Waals surface area contributed by atoms with Crippen molar-refractivity contribution in [2.45, 2.75) is 0 Å². The van der Waals surface area contributed by atoms with Gasteiger partial charge in [0.25, 0.3) is 0 Å². The van der Waals surface area contributed by atoms with Crippen molar-refractivity contribution in [3.63, 3.8) is 0 Å². The molecule has 0 aliphatic carbocycles. The fourth-order valence-corrected chi connectivity index (χ4v) is 6.00. The zero-order chi connectivity index (χ0) is 25.8. The largest absolute Gasteiger partial charge is 0.455 e. The van der Waals surface area contributed by atoms with Gasteiger partial charge in [0.1, 0.15) is 11.2 Å². The summed E-state index contributed by atoms with van der Waals surface area (Å²) in [6, 6.07) is 52.1. The van der Waals surface area contributed by atoms with Crippen LogP contribution in [0.2, 0.25) is 0 Å². The summed E-state index contributed by atoms with van der Waals surface area (Å²) in [4.78, 5) is 0. The molecular formula is C38H24O. The fraction of sp³-hybridized carbons (Fsp3) is 0. The minimum atomic E-state index is 0.923. The summed E-state index contributed by atoms with van der Waals surface area (Å²) in [5, 5.41) is 7.42. The molecule has 0 fully saturated rings. The van der Waals surface area contributed by atoms with Gasteiger partial charge in [-0.1, -0.05) is 121 Å². The van der Waals surface area contributed by atoms with Gasteiger partial charge in [-0.25, -0.2) is 0 Å². The predicted octanol–water partition coefficient (Wildman–Crippen LogP) is 10.9. The molecule has 8 aromatic rings. The van der Waals surface area contributed by atoms with Crippen molar-refractivity contribution in [3.8, 4) is 33.4 Å². The van der Waals surface area contributed by atoms with Crippen LogP contribution in [0.5, 0.6) is 0 Å². The van der Waals surface area contributed by atoms with E-state index in [4.69, 9.17) is 4.42 Å². The van der Waals surface area contributed by atoms with Crippen LogP contribution in [0.3, 0.4) is 0 Å². The number of furan rings is 1. The molecule has 0 radical (unpaired) electrons. The standard InChI is InChI=1S/C38H24O/c1-2-15-30-29(10-1)24-36(33-17-4-3-16-32(30)33)28-14-8-12-26(23-28)25-11-7-13-27(22-25)31-19-9-20-35-34-18-5-6-21-37(34)39-38(31)35/h1-24H. The van der Waals surface area contributed by atoms with Crippen LogP contribution in [0, 0.1) is 0 Å². The van der Waals surface area contributed by atoms with Crippen molar-refractivity contribution in [3.05, 3.63) is 146 Å². The van der Waals surface area contributed by atoms with Crippen LogP contribution in [-0.2, 0) is 0 Å². The number of para-hydroxylation sites is 2. The smallest absolute Gasteiger partial charge is 0.143 e. The van der Waals surface area contributed by atoms with Crippen LogP contribution in [0.15, 0.2) is 150 Å². The van der Waals surface area contributed by atoms with Crippen molar-refractivity contribution in [2.75, 3.05) is 0 Å². The summed E-state index contributed by atoms with van der Waals surface area (Å²) in [6.45, 7) is 0. The first-order chi connectivity index (χ1) is 19.3. The highest BCUT2D eigenvalue weighted by Gasteiger charge is 2.13. The second kappa shape index (κ2) is 8.72. The summed E-state index contributed by atoms with van der Waals surface area (Å²) >= 11 is 0. The molecule has 0 spiro atoms. The van der Waals surface area contributed by atoms with Gasteiger partial charge in [0.15, 0.2) is 0 Å². The third kappa shape index (κ3) is 3.55. The maximum absolute atomic E-state index is 6.34. The molecule has 1 heteroatoms. The third-order valence-corrected chi connectivity index (χ3v) is 7.85.